The van der Waals surface area contributed by atoms with Crippen LogP contribution < -0.4 is 0 Å². The molecule has 0 heterocycles. The van der Waals surface area contributed by atoms with Crippen LogP contribution in [0.1, 0.15) is 34.1 Å². The Morgan fingerprint density at radius 3 is 2.25 bits per heavy atom. The third kappa shape index (κ3) is 1.24. The Bertz CT molecular complexity index is 227. The van der Waals surface area contributed by atoms with Crippen molar-refractivity contribution in [2.24, 2.45) is 17.3 Å². The van der Waals surface area contributed by atoms with E-state index in [4.69, 9.17) is 12.2 Å². The fourth-order valence-corrected chi connectivity index (χ4v) is 2.40. The van der Waals surface area contributed by atoms with Crippen LogP contribution in [0.5, 0.6) is 0 Å². The van der Waals surface area contributed by atoms with E-state index in [1.807, 2.05) is 0 Å². The molecule has 0 spiro atoms. The highest BCUT2D eigenvalue weighted by atomic mass is 32.1. The Hall–Kier alpha value is -0.170. The van der Waals surface area contributed by atoms with Crippen molar-refractivity contribution in [1.29, 1.82) is 0 Å². The van der Waals surface area contributed by atoms with Crippen LogP contribution in [0, 0.1) is 17.3 Å². The van der Waals surface area contributed by atoms with Crippen LogP contribution in [-0.4, -0.2) is 4.86 Å². The van der Waals surface area contributed by atoms with Crippen LogP contribution in [0.25, 0.3) is 0 Å². The molecule has 0 nitrogen and oxygen atoms in total. The summed E-state index contributed by atoms with van der Waals surface area (Å²) in [5, 5.41) is 0. The number of rotatable bonds is 1. The molecule has 1 heteroatoms. The van der Waals surface area contributed by atoms with Gasteiger partial charge in [-0.1, -0.05) is 45.1 Å². The van der Waals surface area contributed by atoms with Gasteiger partial charge in [0.1, 0.15) is 0 Å². The lowest BCUT2D eigenvalue weighted by molar-refractivity contribution is 0.320. The van der Waals surface area contributed by atoms with Crippen molar-refractivity contribution in [3.05, 3.63) is 12.2 Å². The second-order valence-electron chi connectivity index (χ2n) is 4.39. The van der Waals surface area contributed by atoms with E-state index in [2.05, 4.69) is 34.3 Å². The summed E-state index contributed by atoms with van der Waals surface area (Å²) in [5.74, 6) is 1.29. The summed E-state index contributed by atoms with van der Waals surface area (Å²) in [6.45, 7) is 13.0. The number of allylic oxidation sites excluding steroid dienone is 1. The largest absolute Gasteiger partial charge is 0.0995 e. The van der Waals surface area contributed by atoms with E-state index in [0.717, 1.165) is 11.3 Å². The van der Waals surface area contributed by atoms with Gasteiger partial charge in [0.25, 0.3) is 0 Å². The Kier molecular flexibility index (Phi) is 2.44. The minimum atomic E-state index is 0.228. The zero-order valence-electron chi connectivity index (χ0n) is 8.48. The highest BCUT2D eigenvalue weighted by Crippen LogP contribution is 2.49. The highest BCUT2D eigenvalue weighted by molar-refractivity contribution is 7.80. The van der Waals surface area contributed by atoms with Gasteiger partial charge in [-0.3, -0.25) is 0 Å². The van der Waals surface area contributed by atoms with Gasteiger partial charge in [-0.2, -0.15) is 0 Å². The number of hydrogen-bond acceptors (Lipinski definition) is 1. The molecule has 1 saturated carbocycles. The molecule has 3 atom stereocenters. The molecule has 0 aromatic carbocycles. The van der Waals surface area contributed by atoms with Crippen molar-refractivity contribution >= 4 is 17.1 Å². The Morgan fingerprint density at radius 2 is 2.08 bits per heavy atom. The Morgan fingerprint density at radius 1 is 1.58 bits per heavy atom. The van der Waals surface area contributed by atoms with Gasteiger partial charge in [0.2, 0.25) is 0 Å². The molecule has 0 amide bonds. The van der Waals surface area contributed by atoms with E-state index >= 15 is 0 Å². The first-order valence-corrected chi connectivity index (χ1v) is 4.99. The predicted octanol–water partition coefficient (Wildman–Crippen LogP) is 3.61. The fourth-order valence-electron chi connectivity index (χ4n) is 2.14. The zero-order valence-corrected chi connectivity index (χ0v) is 9.29. The van der Waals surface area contributed by atoms with Crippen molar-refractivity contribution in [2.75, 3.05) is 0 Å². The summed E-state index contributed by atoms with van der Waals surface area (Å²) in [6.07, 6.45) is 1.09. The third-order valence-corrected chi connectivity index (χ3v) is 4.26. The fraction of sp³-hybridized carbons (Fsp3) is 0.727. The maximum absolute atomic E-state index is 5.31. The van der Waals surface area contributed by atoms with E-state index in [-0.39, 0.29) is 5.41 Å². The topological polar surface area (TPSA) is 0 Å². The smallest absolute Gasteiger partial charge is 0.00538 e. The summed E-state index contributed by atoms with van der Waals surface area (Å²) in [7, 11) is 0. The lowest BCUT2D eigenvalue weighted by atomic mass is 9.76. The normalized spacial score (nSPS) is 41.8. The standard InChI is InChI=1S/C11H18S/c1-7-6-11(5,10(4)12)9(3)8(7)2/h8-9H,1,6H2,2-5H3/t8?,9-,11+/m0/s1. The van der Waals surface area contributed by atoms with E-state index in [1.54, 1.807) is 0 Å². The first-order valence-electron chi connectivity index (χ1n) is 4.58. The van der Waals surface area contributed by atoms with Crippen LogP contribution >= 0.6 is 12.2 Å². The molecule has 0 N–H and O–H groups in total. The number of thiocarbonyl (C=S) groups is 1. The lowest BCUT2D eigenvalue weighted by Gasteiger charge is -2.29. The summed E-state index contributed by atoms with van der Waals surface area (Å²) in [6, 6.07) is 0. The molecular formula is C11H18S. The first-order chi connectivity index (χ1) is 5.39. The van der Waals surface area contributed by atoms with Crippen molar-refractivity contribution in [3.8, 4) is 0 Å². The summed E-state index contributed by atoms with van der Waals surface area (Å²) in [5.41, 5.74) is 1.60. The van der Waals surface area contributed by atoms with Crippen molar-refractivity contribution in [3.63, 3.8) is 0 Å². The minimum Gasteiger partial charge on any atom is -0.0995 e. The summed E-state index contributed by atoms with van der Waals surface area (Å²) >= 11 is 5.31. The minimum absolute atomic E-state index is 0.228. The molecule has 1 unspecified atom stereocenters. The van der Waals surface area contributed by atoms with E-state index < -0.39 is 0 Å². The van der Waals surface area contributed by atoms with E-state index in [1.165, 1.54) is 5.57 Å². The zero-order chi connectivity index (χ0) is 9.52. The second-order valence-corrected chi connectivity index (χ2v) is 5.00. The molecular weight excluding hydrogens is 164 g/mol. The molecule has 0 aliphatic heterocycles. The Balaban J connectivity index is 2.97. The van der Waals surface area contributed by atoms with Gasteiger partial charge in [0.15, 0.2) is 0 Å². The molecule has 1 fully saturated rings. The van der Waals surface area contributed by atoms with E-state index in [0.29, 0.717) is 11.8 Å². The Labute approximate surface area is 81.1 Å². The summed E-state index contributed by atoms with van der Waals surface area (Å²) in [4.78, 5) is 1.14. The van der Waals surface area contributed by atoms with Crippen LogP contribution in [-0.2, 0) is 0 Å². The van der Waals surface area contributed by atoms with Crippen LogP contribution in [0.4, 0.5) is 0 Å². The predicted molar refractivity (Wildman–Crippen MR) is 58.5 cm³/mol. The average molecular weight is 182 g/mol. The van der Waals surface area contributed by atoms with E-state index in [9.17, 15) is 0 Å². The summed E-state index contributed by atoms with van der Waals surface area (Å²) < 4.78 is 0. The van der Waals surface area contributed by atoms with Crippen molar-refractivity contribution < 1.29 is 0 Å². The highest BCUT2D eigenvalue weighted by Gasteiger charge is 2.43. The van der Waals surface area contributed by atoms with Gasteiger partial charge in [-0.15, -0.1) is 0 Å². The van der Waals surface area contributed by atoms with Gasteiger partial charge in [0, 0.05) is 5.41 Å². The van der Waals surface area contributed by atoms with Gasteiger partial charge < -0.3 is 0 Å². The molecule has 12 heavy (non-hydrogen) atoms. The van der Waals surface area contributed by atoms with Gasteiger partial charge >= 0.3 is 0 Å². The second kappa shape index (κ2) is 2.95. The molecule has 0 radical (unpaired) electrons. The lowest BCUT2D eigenvalue weighted by Crippen LogP contribution is -2.28. The molecule has 0 bridgehead atoms. The van der Waals surface area contributed by atoms with Crippen LogP contribution in [0.15, 0.2) is 12.2 Å². The number of hydrogen-bond donors (Lipinski definition) is 0. The average Bonchev–Trinajstić information content (AvgIpc) is 2.17. The monoisotopic (exact) mass is 182 g/mol. The molecule has 0 aromatic rings. The molecule has 1 aliphatic rings. The molecule has 0 saturated heterocycles. The van der Waals surface area contributed by atoms with Gasteiger partial charge in [-0.05, 0) is 30.0 Å². The molecule has 1 rings (SSSR count). The van der Waals surface area contributed by atoms with Crippen LogP contribution in [0.2, 0.25) is 0 Å². The van der Waals surface area contributed by atoms with Crippen LogP contribution in [0.3, 0.4) is 0 Å². The molecule has 0 aromatic heterocycles. The molecule has 68 valence electrons. The van der Waals surface area contributed by atoms with Gasteiger partial charge in [0.05, 0.1) is 0 Å². The van der Waals surface area contributed by atoms with Crippen molar-refractivity contribution in [1.82, 2.24) is 0 Å². The van der Waals surface area contributed by atoms with Crippen molar-refractivity contribution in [2.45, 2.75) is 34.1 Å². The first kappa shape index (κ1) is 9.91. The molecule has 1 aliphatic carbocycles. The third-order valence-electron chi connectivity index (χ3n) is 3.80. The SMILES string of the molecule is C=C1C[C@@](C)(C(C)=S)[C@@H](C)C1C. The van der Waals surface area contributed by atoms with Gasteiger partial charge in [-0.25, -0.2) is 0 Å². The maximum atomic E-state index is 5.31. The maximum Gasteiger partial charge on any atom is 0.00538 e. The quantitative estimate of drug-likeness (QED) is 0.441.